The van der Waals surface area contributed by atoms with Crippen LogP contribution < -0.4 is 25.0 Å². The van der Waals surface area contributed by atoms with Crippen LogP contribution >= 0.6 is 11.3 Å². The number of carboxylic acids is 1. The number of nitrogens with zero attached hydrogens (tertiary/aromatic N) is 6. The number of piperidine rings is 1. The lowest BCUT2D eigenvalue weighted by Gasteiger charge is -2.47. The summed E-state index contributed by atoms with van der Waals surface area (Å²) in [6.45, 7) is 16.1. The number of urea groups is 1. The summed E-state index contributed by atoms with van der Waals surface area (Å²) in [5, 5.41) is 19.3. The molecule has 1 spiro atoms. The van der Waals surface area contributed by atoms with Gasteiger partial charge in [0.25, 0.3) is 5.91 Å². The van der Waals surface area contributed by atoms with Gasteiger partial charge in [-0.2, -0.15) is 0 Å². The number of thiophene rings is 1. The second-order valence-corrected chi connectivity index (χ2v) is 25.4. The number of ether oxygens (including phenoxy) is 2. The molecule has 5 aliphatic rings. The van der Waals surface area contributed by atoms with Crippen molar-refractivity contribution in [1.82, 2.24) is 30.0 Å². The van der Waals surface area contributed by atoms with Crippen LogP contribution in [0.1, 0.15) is 142 Å². The first-order chi connectivity index (χ1) is 38.4. The minimum atomic E-state index is -0.777. The molecule has 3 aromatic carbocycles. The lowest BCUT2D eigenvalue weighted by atomic mass is 9.65. The van der Waals surface area contributed by atoms with E-state index in [1.54, 1.807) is 36.6 Å². The number of aromatic nitrogens is 2. The Balaban J connectivity index is 0.693. The van der Waals surface area contributed by atoms with Crippen LogP contribution in [-0.4, -0.2) is 126 Å². The van der Waals surface area contributed by atoms with Crippen molar-refractivity contribution in [3.05, 3.63) is 93.4 Å². The van der Waals surface area contributed by atoms with Gasteiger partial charge < -0.3 is 29.7 Å². The average molecular weight is 1110 g/mol. The number of rotatable bonds is 15. The van der Waals surface area contributed by atoms with E-state index in [-0.39, 0.29) is 53.5 Å². The number of nitrogens with one attached hydrogen (secondary N) is 2. The lowest BCUT2D eigenvalue weighted by molar-refractivity contribution is -0.145. The smallest absolute Gasteiger partial charge is 0.328 e. The molecule has 426 valence electrons. The van der Waals surface area contributed by atoms with E-state index >= 15 is 0 Å². The molecule has 3 N–H and O–H groups in total. The molecule has 80 heavy (non-hydrogen) atoms. The predicted molar refractivity (Wildman–Crippen MR) is 313 cm³/mol. The third-order valence-corrected chi connectivity index (χ3v) is 19.5. The minimum Gasteiger partial charge on any atom is -0.496 e. The highest BCUT2D eigenvalue weighted by molar-refractivity contribution is 7.10. The summed E-state index contributed by atoms with van der Waals surface area (Å²) in [5.41, 5.74) is 6.00. The molecular weight excluding hydrogens is 1030 g/mol. The van der Waals surface area contributed by atoms with Gasteiger partial charge in [-0.25, -0.2) is 14.8 Å². The number of hydrogen-bond acceptors (Lipinski definition) is 12. The van der Waals surface area contributed by atoms with Gasteiger partial charge in [0.2, 0.25) is 11.8 Å². The zero-order chi connectivity index (χ0) is 56.5. The summed E-state index contributed by atoms with van der Waals surface area (Å²) in [5.74, 6) is 2.29. The number of methoxy groups -OCH3 is 2. The maximum atomic E-state index is 14.1. The number of carbonyl (C=O) groups is 5. The summed E-state index contributed by atoms with van der Waals surface area (Å²) >= 11 is 1.68. The van der Waals surface area contributed by atoms with Gasteiger partial charge in [0.05, 0.1) is 37.4 Å². The Morgan fingerprint density at radius 1 is 0.838 bits per heavy atom. The predicted octanol–water partition coefficient (Wildman–Crippen LogP) is 11.1. The minimum absolute atomic E-state index is 0.0221. The molecule has 17 heteroatoms. The molecule has 10 rings (SSSR count). The number of hydrogen-bond donors (Lipinski definition) is 3. The normalized spacial score (nSPS) is 21.1. The molecule has 3 saturated heterocycles. The molecule has 16 nitrogen and oxygen atoms in total. The number of aryl methyl sites for hydroxylation is 1. The summed E-state index contributed by atoms with van der Waals surface area (Å²) < 4.78 is 11.6. The standard InChI is InChI=1S/C63H80N8O8S/c1-39(55-34-46(38-80-55)47-11-9-8-10-44(47)32-50(60(75)76)62(3,4)5)64-57-49-35-48(54(79-7)36-51(49)65-40(2)66-57)42-12-14-43(15-13-42)58(73)70-30-28-68(29-31-70)37-41-18-21-63(22-19-41)23-26-69(27-24-63)59(74)45-16-17-53(78-6)52(33-45)71-25-20-56(72)67-61(71)77/h8-11,16-17,33-36,38-39,41-43,50H,12-15,18-32,37H2,1-7H3,(H,75,76)(H,64,65,66)(H,67,72,77)/t39-,42?,43?,50+/m1/s1. The first-order valence-electron chi connectivity index (χ1n) is 29.0. The third kappa shape index (κ3) is 12.3. The molecular formula is C63H80N8O8S. The zero-order valence-corrected chi connectivity index (χ0v) is 48.6. The maximum Gasteiger partial charge on any atom is 0.328 e. The van der Waals surface area contributed by atoms with Gasteiger partial charge >= 0.3 is 12.0 Å². The number of benzene rings is 3. The molecule has 2 atom stereocenters. The molecule has 0 radical (unpaired) electrons. The number of piperazine rings is 1. The Bertz CT molecular complexity index is 3100. The number of anilines is 2. The number of amides is 5. The largest absolute Gasteiger partial charge is 0.496 e. The van der Waals surface area contributed by atoms with E-state index < -0.39 is 17.9 Å². The van der Waals surface area contributed by atoms with Crippen LogP contribution in [0.25, 0.3) is 22.0 Å². The summed E-state index contributed by atoms with van der Waals surface area (Å²) in [6.07, 6.45) is 10.8. The molecule has 5 aromatic rings. The fourth-order valence-corrected chi connectivity index (χ4v) is 14.4. The third-order valence-electron chi connectivity index (χ3n) is 18.4. The highest BCUT2D eigenvalue weighted by atomic mass is 32.1. The first-order valence-corrected chi connectivity index (χ1v) is 29.9. The van der Waals surface area contributed by atoms with E-state index in [0.29, 0.717) is 54.2 Å². The number of carboxylic acid groups (broad SMARTS) is 1. The van der Waals surface area contributed by atoms with E-state index in [4.69, 9.17) is 19.4 Å². The fraction of sp³-hybridized carbons (Fsp3) is 0.540. The molecule has 5 heterocycles. The molecule has 5 amide bonds. The number of aliphatic carboxylic acids is 1. The van der Waals surface area contributed by atoms with Crippen molar-refractivity contribution in [3.63, 3.8) is 0 Å². The summed E-state index contributed by atoms with van der Waals surface area (Å²) in [4.78, 5) is 83.7. The van der Waals surface area contributed by atoms with Gasteiger partial charge in [-0.15, -0.1) is 11.3 Å². The van der Waals surface area contributed by atoms with Crippen molar-refractivity contribution in [2.24, 2.45) is 28.6 Å². The van der Waals surface area contributed by atoms with Gasteiger partial charge in [0, 0.05) is 86.6 Å². The van der Waals surface area contributed by atoms with Crippen LogP contribution in [0, 0.1) is 35.5 Å². The second-order valence-electron chi connectivity index (χ2n) is 24.5. The van der Waals surface area contributed by atoms with E-state index in [0.717, 1.165) is 121 Å². The highest BCUT2D eigenvalue weighted by Crippen LogP contribution is 2.48. The summed E-state index contributed by atoms with van der Waals surface area (Å²) in [7, 11) is 3.25. The second kappa shape index (κ2) is 23.9. The van der Waals surface area contributed by atoms with E-state index in [1.165, 1.54) is 37.7 Å². The van der Waals surface area contributed by atoms with Crippen molar-refractivity contribution >= 4 is 63.5 Å². The number of imide groups is 1. The monoisotopic (exact) mass is 1110 g/mol. The number of carbonyl (C=O) groups excluding carboxylic acids is 4. The number of fused-ring (bicyclic) bond motifs is 1. The van der Waals surface area contributed by atoms with E-state index in [9.17, 15) is 29.1 Å². The molecule has 2 aromatic heterocycles. The quantitative estimate of drug-likeness (QED) is 0.0902. The fourth-order valence-electron chi connectivity index (χ4n) is 13.4. The van der Waals surface area contributed by atoms with Crippen LogP contribution in [0.3, 0.4) is 0 Å². The number of likely N-dealkylation sites (tertiary alicyclic amines) is 1. The Hall–Kier alpha value is -6.59. The first kappa shape index (κ1) is 56.7. The van der Waals surface area contributed by atoms with Gasteiger partial charge in [0.15, 0.2) is 0 Å². The van der Waals surface area contributed by atoms with Crippen molar-refractivity contribution < 1.29 is 38.6 Å². The molecule has 3 aliphatic heterocycles. The van der Waals surface area contributed by atoms with Crippen LogP contribution in [0.15, 0.2) is 66.0 Å². The van der Waals surface area contributed by atoms with Crippen LogP contribution in [0.2, 0.25) is 0 Å². The van der Waals surface area contributed by atoms with Crippen molar-refractivity contribution in [1.29, 1.82) is 0 Å². The molecule has 0 bridgehead atoms. The SMILES string of the molecule is COc1cc2nc(C)nc(N[C@H](C)c3cc(-c4ccccc4C[C@@H](C(=O)O)C(C)(C)C)cs3)c2cc1C1CCC(C(=O)N2CCN(CC3CCC4(CC3)CCN(C(=O)c3ccc(OC)c(N5CCC(=O)NC5=O)c3)CC4)CC2)CC1. The summed E-state index contributed by atoms with van der Waals surface area (Å²) in [6, 6.07) is 19.2. The molecule has 5 fully saturated rings. The van der Waals surface area contributed by atoms with Gasteiger partial charge in [-0.1, -0.05) is 45.0 Å². The molecule has 0 unspecified atom stereocenters. The zero-order valence-electron chi connectivity index (χ0n) is 47.8. The van der Waals surface area contributed by atoms with Crippen LogP contribution in [0.4, 0.5) is 16.3 Å². The van der Waals surface area contributed by atoms with Gasteiger partial charge in [0.1, 0.15) is 23.1 Å². The topological polar surface area (TPSA) is 187 Å². The van der Waals surface area contributed by atoms with Gasteiger partial charge in [-0.05, 0) is 165 Å². The molecule has 2 aliphatic carbocycles. The van der Waals surface area contributed by atoms with Crippen molar-refractivity contribution in [2.75, 3.05) is 76.8 Å². The lowest BCUT2D eigenvalue weighted by Crippen LogP contribution is -2.52. The average Bonchev–Trinajstić information content (AvgIpc) is 3.96. The van der Waals surface area contributed by atoms with Crippen LogP contribution in [0.5, 0.6) is 11.5 Å². The Kier molecular flexibility index (Phi) is 16.9. The Labute approximate surface area is 475 Å². The van der Waals surface area contributed by atoms with Gasteiger partial charge in [-0.3, -0.25) is 34.3 Å². The maximum absolute atomic E-state index is 14.1. The van der Waals surface area contributed by atoms with E-state index in [1.807, 2.05) is 56.9 Å². The van der Waals surface area contributed by atoms with Crippen molar-refractivity contribution in [3.8, 4) is 22.6 Å². The Morgan fingerprint density at radius 2 is 1.55 bits per heavy atom. The van der Waals surface area contributed by atoms with E-state index in [2.05, 4.69) is 50.9 Å². The Morgan fingerprint density at radius 3 is 2.23 bits per heavy atom. The molecule has 2 saturated carbocycles. The van der Waals surface area contributed by atoms with Crippen LogP contribution in [-0.2, 0) is 20.8 Å². The highest BCUT2D eigenvalue weighted by Gasteiger charge is 2.41. The van der Waals surface area contributed by atoms with Crippen molar-refractivity contribution in [2.45, 2.75) is 124 Å².